The number of aldehydes is 1. The van der Waals surface area contributed by atoms with Crippen LogP contribution in [0.15, 0.2) is 24.5 Å². The maximum absolute atomic E-state index is 10.4. The van der Waals surface area contributed by atoms with E-state index >= 15 is 0 Å². The van der Waals surface area contributed by atoms with Crippen molar-refractivity contribution in [2.24, 2.45) is 0 Å². The Bertz CT molecular complexity index is 507. The minimum atomic E-state index is 0.370. The standard InChI is InChI=1S/C9H5N3O/c10-4-7-1-2-12-5-8(6-13)11-9(12)3-7/h1-3,5-6H. The van der Waals surface area contributed by atoms with Crippen molar-refractivity contribution in [1.82, 2.24) is 9.38 Å². The maximum atomic E-state index is 10.4. The van der Waals surface area contributed by atoms with Crippen molar-refractivity contribution in [2.45, 2.75) is 0 Å². The van der Waals surface area contributed by atoms with Crippen LogP contribution < -0.4 is 0 Å². The Morgan fingerprint density at radius 2 is 2.46 bits per heavy atom. The first-order valence-corrected chi connectivity index (χ1v) is 3.67. The molecule has 0 atom stereocenters. The van der Waals surface area contributed by atoms with Crippen molar-refractivity contribution in [3.05, 3.63) is 35.8 Å². The molecule has 0 unspecified atom stereocenters. The first-order valence-electron chi connectivity index (χ1n) is 3.67. The second-order valence-electron chi connectivity index (χ2n) is 2.58. The van der Waals surface area contributed by atoms with Gasteiger partial charge in [-0.2, -0.15) is 5.26 Å². The molecule has 0 aliphatic carbocycles. The predicted molar refractivity (Wildman–Crippen MR) is 45.3 cm³/mol. The molecule has 0 saturated carbocycles. The number of carbonyl (C=O) groups is 1. The van der Waals surface area contributed by atoms with Gasteiger partial charge in [0.05, 0.1) is 11.6 Å². The number of fused-ring (bicyclic) bond motifs is 1. The van der Waals surface area contributed by atoms with E-state index < -0.39 is 0 Å². The Morgan fingerprint density at radius 1 is 1.62 bits per heavy atom. The average Bonchev–Trinajstić information content (AvgIpc) is 2.58. The number of hydrogen-bond acceptors (Lipinski definition) is 3. The van der Waals surface area contributed by atoms with E-state index in [4.69, 9.17) is 5.26 Å². The summed E-state index contributed by atoms with van der Waals surface area (Å²) in [5, 5.41) is 8.60. The van der Waals surface area contributed by atoms with Gasteiger partial charge in [0, 0.05) is 12.4 Å². The SMILES string of the molecule is N#Cc1ccn2cc(C=O)nc2c1. The van der Waals surface area contributed by atoms with E-state index in [0.717, 1.165) is 0 Å². The second kappa shape index (κ2) is 2.72. The van der Waals surface area contributed by atoms with E-state index in [-0.39, 0.29) is 0 Å². The highest BCUT2D eigenvalue weighted by Crippen LogP contribution is 2.06. The molecule has 4 heteroatoms. The quantitative estimate of drug-likeness (QED) is 0.602. The largest absolute Gasteiger partial charge is 0.306 e. The summed E-state index contributed by atoms with van der Waals surface area (Å²) in [4.78, 5) is 14.4. The lowest BCUT2D eigenvalue weighted by molar-refractivity contribution is 0.111. The van der Waals surface area contributed by atoms with Gasteiger partial charge in [-0.1, -0.05) is 0 Å². The second-order valence-corrected chi connectivity index (χ2v) is 2.58. The number of hydrogen-bond donors (Lipinski definition) is 0. The van der Waals surface area contributed by atoms with E-state index in [9.17, 15) is 4.79 Å². The maximum Gasteiger partial charge on any atom is 0.170 e. The monoisotopic (exact) mass is 171 g/mol. The van der Waals surface area contributed by atoms with Crippen LogP contribution in [0.1, 0.15) is 16.1 Å². The number of imidazole rings is 1. The molecule has 62 valence electrons. The minimum absolute atomic E-state index is 0.370. The van der Waals surface area contributed by atoms with Crippen molar-refractivity contribution < 1.29 is 4.79 Å². The van der Waals surface area contributed by atoms with Crippen LogP contribution in [0, 0.1) is 11.3 Å². The molecule has 4 nitrogen and oxygen atoms in total. The smallest absolute Gasteiger partial charge is 0.170 e. The normalized spacial score (nSPS) is 9.77. The molecule has 0 aliphatic rings. The molecular weight excluding hydrogens is 166 g/mol. The highest BCUT2D eigenvalue weighted by Gasteiger charge is 2.00. The molecule has 13 heavy (non-hydrogen) atoms. The lowest BCUT2D eigenvalue weighted by Crippen LogP contribution is -1.82. The fourth-order valence-corrected chi connectivity index (χ4v) is 1.13. The van der Waals surface area contributed by atoms with Gasteiger partial charge in [0.2, 0.25) is 0 Å². The van der Waals surface area contributed by atoms with E-state index in [1.54, 1.807) is 28.9 Å². The molecule has 0 spiro atoms. The molecule has 0 amide bonds. The molecule has 2 heterocycles. The van der Waals surface area contributed by atoms with E-state index in [0.29, 0.717) is 23.2 Å². The molecule has 0 fully saturated rings. The van der Waals surface area contributed by atoms with E-state index in [1.165, 1.54) is 0 Å². The average molecular weight is 171 g/mol. The topological polar surface area (TPSA) is 58.2 Å². The Kier molecular flexibility index (Phi) is 1.57. The van der Waals surface area contributed by atoms with Crippen LogP contribution >= 0.6 is 0 Å². The summed E-state index contributed by atoms with van der Waals surface area (Å²) in [6, 6.07) is 5.31. The summed E-state index contributed by atoms with van der Waals surface area (Å²) in [6.07, 6.45) is 4.00. The highest BCUT2D eigenvalue weighted by atomic mass is 16.1. The number of nitriles is 1. The van der Waals surface area contributed by atoms with Crippen LogP contribution in [0.3, 0.4) is 0 Å². The predicted octanol–water partition coefficient (Wildman–Crippen LogP) is 1.02. The van der Waals surface area contributed by atoms with Crippen LogP contribution in [0.25, 0.3) is 5.65 Å². The zero-order valence-electron chi connectivity index (χ0n) is 6.64. The highest BCUT2D eigenvalue weighted by molar-refractivity contribution is 5.73. The number of nitrogens with zero attached hydrogens (tertiary/aromatic N) is 3. The first-order chi connectivity index (χ1) is 6.33. The summed E-state index contributed by atoms with van der Waals surface area (Å²) in [7, 11) is 0. The van der Waals surface area contributed by atoms with Crippen LogP contribution in [-0.4, -0.2) is 15.7 Å². The molecule has 0 N–H and O–H groups in total. The Labute approximate surface area is 74.1 Å². The van der Waals surface area contributed by atoms with Gasteiger partial charge in [0.15, 0.2) is 6.29 Å². The summed E-state index contributed by atoms with van der Waals surface area (Å²) in [5.41, 5.74) is 1.52. The van der Waals surface area contributed by atoms with Crippen LogP contribution in [0.5, 0.6) is 0 Å². The van der Waals surface area contributed by atoms with Gasteiger partial charge in [0.1, 0.15) is 11.3 Å². The minimum Gasteiger partial charge on any atom is -0.306 e. The third kappa shape index (κ3) is 1.16. The van der Waals surface area contributed by atoms with Crippen molar-refractivity contribution in [3.8, 4) is 6.07 Å². The molecule has 0 aliphatic heterocycles. The zero-order valence-corrected chi connectivity index (χ0v) is 6.64. The Hall–Kier alpha value is -2.15. The van der Waals surface area contributed by atoms with Gasteiger partial charge >= 0.3 is 0 Å². The van der Waals surface area contributed by atoms with Gasteiger partial charge < -0.3 is 4.40 Å². The van der Waals surface area contributed by atoms with Crippen molar-refractivity contribution in [3.63, 3.8) is 0 Å². The van der Waals surface area contributed by atoms with E-state index in [2.05, 4.69) is 4.98 Å². The van der Waals surface area contributed by atoms with Gasteiger partial charge in [0.25, 0.3) is 0 Å². The Balaban J connectivity index is 2.72. The fraction of sp³-hybridized carbons (Fsp3) is 0. The number of carbonyl (C=O) groups excluding carboxylic acids is 1. The summed E-state index contributed by atoms with van der Waals surface area (Å²) in [6.45, 7) is 0. The third-order valence-corrected chi connectivity index (χ3v) is 1.73. The number of aromatic nitrogens is 2. The molecular formula is C9H5N3O. The van der Waals surface area contributed by atoms with Crippen molar-refractivity contribution >= 4 is 11.9 Å². The van der Waals surface area contributed by atoms with Gasteiger partial charge in [-0.3, -0.25) is 4.79 Å². The third-order valence-electron chi connectivity index (χ3n) is 1.73. The van der Waals surface area contributed by atoms with E-state index in [1.807, 2.05) is 6.07 Å². The van der Waals surface area contributed by atoms with Crippen LogP contribution in [0.4, 0.5) is 0 Å². The number of pyridine rings is 1. The lowest BCUT2D eigenvalue weighted by Gasteiger charge is -1.90. The summed E-state index contributed by atoms with van der Waals surface area (Å²) in [5.74, 6) is 0. The Morgan fingerprint density at radius 3 is 3.15 bits per heavy atom. The van der Waals surface area contributed by atoms with Gasteiger partial charge in [-0.15, -0.1) is 0 Å². The van der Waals surface area contributed by atoms with Crippen molar-refractivity contribution in [1.29, 1.82) is 5.26 Å². The molecule has 0 bridgehead atoms. The first kappa shape index (κ1) is 7.50. The van der Waals surface area contributed by atoms with Crippen LogP contribution in [0.2, 0.25) is 0 Å². The fourth-order valence-electron chi connectivity index (χ4n) is 1.13. The summed E-state index contributed by atoms with van der Waals surface area (Å²) < 4.78 is 1.70. The lowest BCUT2D eigenvalue weighted by atomic mass is 10.3. The molecule has 2 aromatic rings. The van der Waals surface area contributed by atoms with Gasteiger partial charge in [-0.25, -0.2) is 4.98 Å². The molecule has 0 aromatic carbocycles. The number of rotatable bonds is 1. The molecule has 2 aromatic heterocycles. The molecule has 0 radical (unpaired) electrons. The van der Waals surface area contributed by atoms with Gasteiger partial charge in [-0.05, 0) is 12.1 Å². The van der Waals surface area contributed by atoms with Crippen LogP contribution in [-0.2, 0) is 0 Å². The molecule has 0 saturated heterocycles. The summed E-state index contributed by atoms with van der Waals surface area (Å²) >= 11 is 0. The zero-order chi connectivity index (χ0) is 9.26. The molecule has 2 rings (SSSR count). The van der Waals surface area contributed by atoms with Crippen molar-refractivity contribution in [2.75, 3.05) is 0 Å².